The van der Waals surface area contributed by atoms with Crippen molar-refractivity contribution in [1.82, 2.24) is 4.98 Å². The van der Waals surface area contributed by atoms with Crippen LogP contribution in [-0.4, -0.2) is 47.7 Å². The number of fused-ring (bicyclic) bond motifs is 1. The number of carbonyl (C=O) groups is 2. The molecule has 200 valence electrons. The Balaban J connectivity index is 1.73. The molecule has 0 saturated carbocycles. The first-order valence-corrected chi connectivity index (χ1v) is 13.4. The molecule has 1 amide bonds. The van der Waals surface area contributed by atoms with E-state index in [4.69, 9.17) is 14.2 Å². The third kappa shape index (κ3) is 4.68. The van der Waals surface area contributed by atoms with E-state index in [0.717, 1.165) is 4.70 Å². The highest BCUT2D eigenvalue weighted by Gasteiger charge is 2.48. The number of nitrogens with zero attached hydrogens (tertiary/aromatic N) is 2. The van der Waals surface area contributed by atoms with Crippen LogP contribution >= 0.6 is 27.3 Å². The van der Waals surface area contributed by atoms with Gasteiger partial charge in [0.25, 0.3) is 5.78 Å². The molecule has 11 heteroatoms. The molecule has 1 atom stereocenters. The molecule has 1 aromatic heterocycles. The van der Waals surface area contributed by atoms with E-state index >= 15 is 0 Å². The van der Waals surface area contributed by atoms with E-state index in [2.05, 4.69) is 20.9 Å². The average molecular weight is 611 g/mol. The maximum atomic E-state index is 13.5. The molecule has 0 bridgehead atoms. The van der Waals surface area contributed by atoms with Crippen LogP contribution in [0.25, 0.3) is 16.0 Å². The predicted molar refractivity (Wildman–Crippen MR) is 151 cm³/mol. The summed E-state index contributed by atoms with van der Waals surface area (Å²) < 4.78 is 17.2. The molecule has 1 unspecified atom stereocenters. The number of anilines is 1. The van der Waals surface area contributed by atoms with Crippen LogP contribution in [0.1, 0.15) is 24.1 Å². The van der Waals surface area contributed by atoms with Crippen molar-refractivity contribution in [2.45, 2.75) is 13.0 Å². The molecule has 39 heavy (non-hydrogen) atoms. The Labute approximate surface area is 236 Å². The topological polar surface area (TPSA) is 118 Å². The number of Topliss-reactive ketones (excluding diaryl/α,β-unsaturated/α-hetero) is 1. The Morgan fingerprint density at radius 3 is 2.44 bits per heavy atom. The van der Waals surface area contributed by atoms with E-state index in [0.29, 0.717) is 34.7 Å². The highest BCUT2D eigenvalue weighted by molar-refractivity contribution is 9.10. The zero-order valence-corrected chi connectivity index (χ0v) is 23.5. The number of amides is 1. The first-order valence-electron chi connectivity index (χ1n) is 11.8. The number of aliphatic hydroxyl groups excluding tert-OH is 1. The van der Waals surface area contributed by atoms with Gasteiger partial charge in [-0.15, -0.1) is 0 Å². The first-order chi connectivity index (χ1) is 18.8. The van der Waals surface area contributed by atoms with Crippen LogP contribution < -0.4 is 19.1 Å². The van der Waals surface area contributed by atoms with Gasteiger partial charge >= 0.3 is 5.91 Å². The minimum absolute atomic E-state index is 0.125. The van der Waals surface area contributed by atoms with E-state index in [1.165, 1.54) is 36.5 Å². The van der Waals surface area contributed by atoms with Gasteiger partial charge in [-0.3, -0.25) is 14.5 Å². The summed E-state index contributed by atoms with van der Waals surface area (Å²) in [5, 5.41) is 22.0. The summed E-state index contributed by atoms with van der Waals surface area (Å²) in [6.45, 7) is 2.38. The van der Waals surface area contributed by atoms with E-state index in [-0.39, 0.29) is 32.4 Å². The molecule has 2 N–H and O–H groups in total. The zero-order valence-electron chi connectivity index (χ0n) is 21.1. The van der Waals surface area contributed by atoms with Gasteiger partial charge in [0.15, 0.2) is 16.6 Å². The maximum absolute atomic E-state index is 13.5. The molecule has 0 aliphatic carbocycles. The Bertz CT molecular complexity index is 1630. The van der Waals surface area contributed by atoms with Gasteiger partial charge in [-0.05, 0) is 83.0 Å². The van der Waals surface area contributed by atoms with Gasteiger partial charge in [0.2, 0.25) is 0 Å². The number of aromatic nitrogens is 1. The van der Waals surface area contributed by atoms with Crippen LogP contribution in [-0.2, 0) is 9.59 Å². The van der Waals surface area contributed by atoms with Crippen molar-refractivity contribution in [3.63, 3.8) is 0 Å². The molecule has 1 fully saturated rings. The lowest BCUT2D eigenvalue weighted by molar-refractivity contribution is -0.132. The fourth-order valence-electron chi connectivity index (χ4n) is 4.41. The molecule has 1 saturated heterocycles. The molecule has 1 aliphatic heterocycles. The Morgan fingerprint density at radius 2 is 1.77 bits per heavy atom. The van der Waals surface area contributed by atoms with Gasteiger partial charge in [-0.1, -0.05) is 11.3 Å². The fraction of sp³-hybridized carbons (Fsp3) is 0.179. The number of rotatable bonds is 7. The van der Waals surface area contributed by atoms with Crippen LogP contribution in [0.15, 0.2) is 64.6 Å². The fourth-order valence-corrected chi connectivity index (χ4v) is 5.89. The van der Waals surface area contributed by atoms with Crippen molar-refractivity contribution in [1.29, 1.82) is 0 Å². The van der Waals surface area contributed by atoms with Gasteiger partial charge in [-0.25, -0.2) is 4.98 Å². The van der Waals surface area contributed by atoms with Crippen molar-refractivity contribution in [3.05, 3.63) is 75.8 Å². The quantitative estimate of drug-likeness (QED) is 0.153. The number of hydrogen-bond donors (Lipinski definition) is 2. The summed E-state index contributed by atoms with van der Waals surface area (Å²) in [6, 6.07) is 13.9. The Morgan fingerprint density at radius 1 is 1.05 bits per heavy atom. The molecule has 3 aromatic carbocycles. The van der Waals surface area contributed by atoms with E-state index in [1.807, 2.05) is 13.0 Å². The highest BCUT2D eigenvalue weighted by Crippen LogP contribution is 2.47. The number of aliphatic hydroxyl groups is 1. The predicted octanol–water partition coefficient (Wildman–Crippen LogP) is 5.81. The van der Waals surface area contributed by atoms with Gasteiger partial charge in [0.05, 0.1) is 47.1 Å². The minimum atomic E-state index is -1.06. The molecular formula is C28H23BrN2O7S. The van der Waals surface area contributed by atoms with Crippen molar-refractivity contribution >= 4 is 60.1 Å². The van der Waals surface area contributed by atoms with E-state index in [9.17, 15) is 19.8 Å². The molecule has 9 nitrogen and oxygen atoms in total. The van der Waals surface area contributed by atoms with Crippen molar-refractivity contribution in [2.24, 2.45) is 0 Å². The standard InChI is InChI=1S/C28H23BrN2O7S/c1-4-38-17-9-10-19-21(13-17)39-28(30-19)31-23(15-11-18(29)25(33)20(12-15)37-3)22(26(34)27(31)35)24(32)14-5-7-16(36-2)8-6-14/h5-13,23,32-33H,4H2,1-3H3/b24-22+. The lowest BCUT2D eigenvalue weighted by Crippen LogP contribution is -2.29. The number of methoxy groups -OCH3 is 2. The second-order valence-corrected chi connectivity index (χ2v) is 10.4. The third-order valence-electron chi connectivity index (χ3n) is 6.26. The summed E-state index contributed by atoms with van der Waals surface area (Å²) in [7, 11) is 2.91. The summed E-state index contributed by atoms with van der Waals surface area (Å²) in [5.41, 5.74) is 1.24. The lowest BCUT2D eigenvalue weighted by Gasteiger charge is -2.24. The number of ether oxygens (including phenoxy) is 3. The number of halogens is 1. The zero-order chi connectivity index (χ0) is 27.8. The summed E-state index contributed by atoms with van der Waals surface area (Å²) in [5.74, 6) is -0.863. The van der Waals surface area contributed by atoms with Gasteiger partial charge in [0, 0.05) is 5.56 Å². The van der Waals surface area contributed by atoms with Crippen molar-refractivity contribution in [3.8, 4) is 23.0 Å². The van der Waals surface area contributed by atoms with Crippen LogP contribution in [0.5, 0.6) is 23.0 Å². The number of phenols is 1. The van der Waals surface area contributed by atoms with Gasteiger partial charge < -0.3 is 24.4 Å². The second kappa shape index (κ2) is 10.6. The number of phenolic OH excluding ortho intramolecular Hbond substituents is 1. The van der Waals surface area contributed by atoms with E-state index < -0.39 is 17.7 Å². The Hall–Kier alpha value is -4.09. The minimum Gasteiger partial charge on any atom is -0.507 e. The monoisotopic (exact) mass is 610 g/mol. The molecule has 5 rings (SSSR count). The Kier molecular flexibility index (Phi) is 7.19. The van der Waals surface area contributed by atoms with Crippen LogP contribution in [0.4, 0.5) is 5.13 Å². The molecule has 4 aromatic rings. The molecular weight excluding hydrogens is 588 g/mol. The summed E-state index contributed by atoms with van der Waals surface area (Å²) in [6.07, 6.45) is 0. The maximum Gasteiger partial charge on any atom is 0.301 e. The molecule has 2 heterocycles. The normalized spacial score (nSPS) is 16.6. The van der Waals surface area contributed by atoms with Gasteiger partial charge in [-0.2, -0.15) is 0 Å². The number of hydrogen-bond acceptors (Lipinski definition) is 9. The van der Waals surface area contributed by atoms with Crippen molar-refractivity contribution in [2.75, 3.05) is 25.7 Å². The highest BCUT2D eigenvalue weighted by atomic mass is 79.9. The third-order valence-corrected chi connectivity index (χ3v) is 7.88. The lowest BCUT2D eigenvalue weighted by atomic mass is 9.95. The van der Waals surface area contributed by atoms with Crippen LogP contribution in [0, 0.1) is 0 Å². The van der Waals surface area contributed by atoms with Crippen LogP contribution in [0.2, 0.25) is 0 Å². The number of benzene rings is 3. The number of ketones is 1. The molecule has 1 aliphatic rings. The van der Waals surface area contributed by atoms with Crippen molar-refractivity contribution < 1.29 is 34.0 Å². The number of aromatic hydroxyl groups is 1. The largest absolute Gasteiger partial charge is 0.507 e. The second-order valence-electron chi connectivity index (χ2n) is 8.51. The SMILES string of the molecule is CCOc1ccc2nc(N3C(=O)C(=O)/C(=C(/O)c4ccc(OC)cc4)C3c3cc(Br)c(O)c(OC)c3)sc2c1. The number of thiazole rings is 1. The van der Waals surface area contributed by atoms with E-state index in [1.54, 1.807) is 42.5 Å². The van der Waals surface area contributed by atoms with Crippen LogP contribution in [0.3, 0.4) is 0 Å². The number of carbonyl (C=O) groups excluding carboxylic acids is 2. The first kappa shape index (κ1) is 26.5. The van der Waals surface area contributed by atoms with Gasteiger partial charge in [0.1, 0.15) is 17.3 Å². The smallest absolute Gasteiger partial charge is 0.301 e. The molecule has 0 radical (unpaired) electrons. The average Bonchev–Trinajstić information content (AvgIpc) is 3.47. The molecule has 0 spiro atoms. The summed E-state index contributed by atoms with van der Waals surface area (Å²) in [4.78, 5) is 32.9. The summed E-state index contributed by atoms with van der Waals surface area (Å²) >= 11 is 4.54.